The number of hydrogen-bond acceptors (Lipinski definition) is 1. The first kappa shape index (κ1) is 15.4. The molecule has 20 heavy (non-hydrogen) atoms. The predicted octanol–water partition coefficient (Wildman–Crippen LogP) is 4.93. The van der Waals surface area contributed by atoms with Crippen LogP contribution in [0, 0.1) is 0 Å². The minimum Gasteiger partial charge on any atom is -0.316 e. The number of halogens is 2. The van der Waals surface area contributed by atoms with Gasteiger partial charge in [-0.2, -0.15) is 0 Å². The predicted molar refractivity (Wildman–Crippen MR) is 87.9 cm³/mol. The Morgan fingerprint density at radius 1 is 1.00 bits per heavy atom. The van der Waals surface area contributed by atoms with Crippen molar-refractivity contribution in [3.63, 3.8) is 0 Å². The first-order chi connectivity index (χ1) is 9.72. The Hall–Kier alpha value is -1.02. The summed E-state index contributed by atoms with van der Waals surface area (Å²) >= 11 is 12.4. The molecule has 0 radical (unpaired) electrons. The lowest BCUT2D eigenvalue weighted by Crippen LogP contribution is -2.22. The Balaban J connectivity index is 2.21. The van der Waals surface area contributed by atoms with Crippen LogP contribution >= 0.6 is 23.2 Å². The number of nitrogens with one attached hydrogen (secondary N) is 1. The van der Waals surface area contributed by atoms with E-state index in [1.54, 1.807) is 0 Å². The fourth-order valence-corrected chi connectivity index (χ4v) is 2.72. The van der Waals surface area contributed by atoms with Gasteiger partial charge in [-0.05, 0) is 30.2 Å². The molecule has 106 valence electrons. The summed E-state index contributed by atoms with van der Waals surface area (Å²) in [5.41, 5.74) is 2.43. The molecule has 0 spiro atoms. The molecule has 0 saturated heterocycles. The highest BCUT2D eigenvalue weighted by molar-refractivity contribution is 6.42. The van der Waals surface area contributed by atoms with Crippen LogP contribution in [0.5, 0.6) is 0 Å². The molecule has 0 bridgehead atoms. The van der Waals surface area contributed by atoms with Crippen molar-refractivity contribution in [1.82, 2.24) is 5.32 Å². The Morgan fingerprint density at radius 3 is 2.45 bits per heavy atom. The van der Waals surface area contributed by atoms with Gasteiger partial charge in [-0.1, -0.05) is 72.6 Å². The Bertz CT molecular complexity index is 540. The normalized spacial score (nSPS) is 12.3. The quantitative estimate of drug-likeness (QED) is 0.798. The Labute approximate surface area is 130 Å². The molecular weight excluding hydrogens is 289 g/mol. The van der Waals surface area contributed by atoms with E-state index in [0.717, 1.165) is 25.1 Å². The molecule has 1 nitrogen and oxygen atoms in total. The highest BCUT2D eigenvalue weighted by Gasteiger charge is 2.14. The van der Waals surface area contributed by atoms with E-state index in [4.69, 9.17) is 23.2 Å². The summed E-state index contributed by atoms with van der Waals surface area (Å²) in [7, 11) is 0. The Morgan fingerprint density at radius 2 is 1.75 bits per heavy atom. The molecule has 0 aromatic heterocycles. The molecule has 2 aromatic rings. The van der Waals surface area contributed by atoms with Gasteiger partial charge >= 0.3 is 0 Å². The van der Waals surface area contributed by atoms with Crippen LogP contribution in [-0.2, 0) is 6.42 Å². The topological polar surface area (TPSA) is 12.0 Å². The molecule has 3 heteroatoms. The van der Waals surface area contributed by atoms with Gasteiger partial charge in [0.1, 0.15) is 0 Å². The van der Waals surface area contributed by atoms with E-state index in [1.165, 1.54) is 5.56 Å². The number of likely N-dealkylation sites (N-methyl/N-ethyl adjacent to an activating group) is 1. The van der Waals surface area contributed by atoms with Crippen LogP contribution in [0.2, 0.25) is 10.0 Å². The zero-order chi connectivity index (χ0) is 14.4. The van der Waals surface area contributed by atoms with Crippen LogP contribution < -0.4 is 5.32 Å². The maximum absolute atomic E-state index is 6.31. The molecule has 0 amide bonds. The second-order valence-electron chi connectivity index (χ2n) is 4.83. The zero-order valence-corrected chi connectivity index (χ0v) is 13.1. The lowest BCUT2D eigenvalue weighted by atomic mass is 9.92. The van der Waals surface area contributed by atoms with Gasteiger partial charge in [-0.3, -0.25) is 0 Å². The van der Waals surface area contributed by atoms with Crippen LogP contribution in [0.4, 0.5) is 0 Å². The second kappa shape index (κ2) is 7.68. The smallest absolute Gasteiger partial charge is 0.0624 e. The fraction of sp³-hybridized carbons (Fsp3) is 0.294. The maximum Gasteiger partial charge on any atom is 0.0624 e. The fourth-order valence-electron chi connectivity index (χ4n) is 2.32. The van der Waals surface area contributed by atoms with Gasteiger partial charge in [0, 0.05) is 12.5 Å². The maximum atomic E-state index is 6.31. The molecule has 0 fully saturated rings. The molecule has 0 aliphatic rings. The van der Waals surface area contributed by atoms with Gasteiger partial charge in [-0.25, -0.2) is 0 Å². The van der Waals surface area contributed by atoms with Crippen LogP contribution in [0.25, 0.3) is 0 Å². The van der Waals surface area contributed by atoms with Crippen molar-refractivity contribution in [3.05, 3.63) is 69.7 Å². The molecule has 1 atom stereocenters. The van der Waals surface area contributed by atoms with E-state index in [1.807, 2.05) is 18.2 Å². The molecule has 2 aromatic carbocycles. The minimum absolute atomic E-state index is 0.395. The van der Waals surface area contributed by atoms with E-state index in [2.05, 4.69) is 42.6 Å². The van der Waals surface area contributed by atoms with Crippen LogP contribution in [0.3, 0.4) is 0 Å². The van der Waals surface area contributed by atoms with Crippen molar-refractivity contribution in [2.24, 2.45) is 0 Å². The van der Waals surface area contributed by atoms with E-state index < -0.39 is 0 Å². The molecule has 0 saturated carbocycles. The number of benzene rings is 2. The zero-order valence-electron chi connectivity index (χ0n) is 11.6. The van der Waals surface area contributed by atoms with Crippen molar-refractivity contribution >= 4 is 23.2 Å². The molecule has 0 aliphatic heterocycles. The molecule has 0 heterocycles. The van der Waals surface area contributed by atoms with Gasteiger partial charge in [0.05, 0.1) is 10.0 Å². The number of rotatable bonds is 6. The lowest BCUT2D eigenvalue weighted by molar-refractivity contribution is 0.595. The highest BCUT2D eigenvalue weighted by Crippen LogP contribution is 2.29. The molecule has 0 aliphatic carbocycles. The average Bonchev–Trinajstić information content (AvgIpc) is 2.48. The van der Waals surface area contributed by atoms with Crippen molar-refractivity contribution in [1.29, 1.82) is 0 Å². The van der Waals surface area contributed by atoms with E-state index in [-0.39, 0.29) is 0 Å². The monoisotopic (exact) mass is 307 g/mol. The Kier molecular flexibility index (Phi) is 5.90. The second-order valence-corrected chi connectivity index (χ2v) is 5.62. The van der Waals surface area contributed by atoms with E-state index >= 15 is 0 Å². The summed E-state index contributed by atoms with van der Waals surface area (Å²) in [5.74, 6) is 0.395. The van der Waals surface area contributed by atoms with Gasteiger partial charge in [-0.15, -0.1) is 0 Å². The SMILES string of the molecule is CCNCC(Cc1cccc(Cl)c1Cl)c1ccccc1. The van der Waals surface area contributed by atoms with Crippen LogP contribution in [-0.4, -0.2) is 13.1 Å². The molecule has 2 rings (SSSR count). The standard InChI is InChI=1S/C17H19Cl2N/c1-2-20-12-15(13-7-4-3-5-8-13)11-14-9-6-10-16(18)17(14)19/h3-10,15,20H,2,11-12H2,1H3. The highest BCUT2D eigenvalue weighted by atomic mass is 35.5. The summed E-state index contributed by atoms with van der Waals surface area (Å²) in [6.45, 7) is 4.02. The van der Waals surface area contributed by atoms with Gasteiger partial charge in [0.15, 0.2) is 0 Å². The molecule has 1 unspecified atom stereocenters. The van der Waals surface area contributed by atoms with Crippen LogP contribution in [0.1, 0.15) is 24.0 Å². The van der Waals surface area contributed by atoms with E-state index in [0.29, 0.717) is 16.0 Å². The van der Waals surface area contributed by atoms with Crippen molar-refractivity contribution in [2.45, 2.75) is 19.3 Å². The van der Waals surface area contributed by atoms with Gasteiger partial charge < -0.3 is 5.32 Å². The first-order valence-corrected chi connectivity index (χ1v) is 7.66. The lowest BCUT2D eigenvalue weighted by Gasteiger charge is -2.19. The van der Waals surface area contributed by atoms with Crippen molar-refractivity contribution in [3.8, 4) is 0 Å². The molecular formula is C17H19Cl2N. The summed E-state index contributed by atoms with van der Waals surface area (Å²) in [6, 6.07) is 16.4. The number of hydrogen-bond donors (Lipinski definition) is 1. The molecule has 1 N–H and O–H groups in total. The third-order valence-corrected chi connectivity index (χ3v) is 4.27. The summed E-state index contributed by atoms with van der Waals surface area (Å²) < 4.78 is 0. The third kappa shape index (κ3) is 3.99. The summed E-state index contributed by atoms with van der Waals surface area (Å²) in [5, 5.41) is 4.72. The van der Waals surface area contributed by atoms with E-state index in [9.17, 15) is 0 Å². The van der Waals surface area contributed by atoms with Crippen molar-refractivity contribution in [2.75, 3.05) is 13.1 Å². The van der Waals surface area contributed by atoms with Crippen molar-refractivity contribution < 1.29 is 0 Å². The largest absolute Gasteiger partial charge is 0.316 e. The minimum atomic E-state index is 0.395. The first-order valence-electron chi connectivity index (χ1n) is 6.91. The summed E-state index contributed by atoms with van der Waals surface area (Å²) in [6.07, 6.45) is 0.885. The third-order valence-electron chi connectivity index (χ3n) is 3.41. The van der Waals surface area contributed by atoms with Crippen LogP contribution in [0.15, 0.2) is 48.5 Å². The average molecular weight is 308 g/mol. The van der Waals surface area contributed by atoms with Gasteiger partial charge in [0.25, 0.3) is 0 Å². The van der Waals surface area contributed by atoms with Gasteiger partial charge in [0.2, 0.25) is 0 Å². The summed E-state index contributed by atoms with van der Waals surface area (Å²) in [4.78, 5) is 0.